The first kappa shape index (κ1) is 15.4. The highest BCUT2D eigenvalue weighted by molar-refractivity contribution is 5.84. The molecule has 19 heavy (non-hydrogen) atoms. The van der Waals surface area contributed by atoms with Crippen LogP contribution in [-0.4, -0.2) is 42.1 Å². The summed E-state index contributed by atoms with van der Waals surface area (Å²) in [6.45, 7) is 0. The van der Waals surface area contributed by atoms with E-state index in [0.717, 1.165) is 12.8 Å². The number of carboxylic acids is 1. The number of aliphatic carboxylic acids is 1. The maximum Gasteiger partial charge on any atom is 0.326 e. The summed E-state index contributed by atoms with van der Waals surface area (Å²) in [5.41, 5.74) is 5.79. The zero-order chi connectivity index (χ0) is 14.4. The largest absolute Gasteiger partial charge is 0.480 e. The second-order valence-corrected chi connectivity index (χ2v) is 4.78. The van der Waals surface area contributed by atoms with Gasteiger partial charge in [-0.3, -0.25) is 9.59 Å². The Labute approximate surface area is 111 Å². The van der Waals surface area contributed by atoms with Crippen LogP contribution < -0.4 is 11.1 Å². The normalized spacial score (nSPS) is 17.4. The molecule has 0 aromatic rings. The van der Waals surface area contributed by atoms with Crippen LogP contribution in [0.3, 0.4) is 0 Å². The number of esters is 1. The average molecular weight is 272 g/mol. The average Bonchev–Trinajstić information content (AvgIpc) is 3.17. The number of hydrogen-bond acceptors (Lipinski definition) is 5. The Balaban J connectivity index is 2.36. The van der Waals surface area contributed by atoms with Crippen molar-refractivity contribution in [3.8, 4) is 0 Å². The fraction of sp³-hybridized carbons (Fsp3) is 0.750. The third-order valence-corrected chi connectivity index (χ3v) is 3.15. The van der Waals surface area contributed by atoms with Gasteiger partial charge in [-0.05, 0) is 25.2 Å². The van der Waals surface area contributed by atoms with Crippen LogP contribution in [0.25, 0.3) is 0 Å². The summed E-state index contributed by atoms with van der Waals surface area (Å²) in [5, 5.41) is 11.3. The molecular weight excluding hydrogens is 252 g/mol. The molecule has 1 rings (SSSR count). The molecule has 0 aromatic carbocycles. The molecule has 0 aromatic heterocycles. The van der Waals surface area contributed by atoms with Crippen LogP contribution in [0.15, 0.2) is 0 Å². The van der Waals surface area contributed by atoms with Crippen molar-refractivity contribution in [2.24, 2.45) is 11.7 Å². The molecule has 1 unspecified atom stereocenters. The number of hydrogen-bond donors (Lipinski definition) is 3. The minimum absolute atomic E-state index is 0.00636. The Morgan fingerprint density at radius 3 is 2.53 bits per heavy atom. The van der Waals surface area contributed by atoms with Crippen molar-refractivity contribution in [1.29, 1.82) is 0 Å². The van der Waals surface area contributed by atoms with Crippen LogP contribution in [0, 0.1) is 5.92 Å². The van der Waals surface area contributed by atoms with E-state index < -0.39 is 23.9 Å². The highest BCUT2D eigenvalue weighted by Gasteiger charge is 2.30. The molecule has 0 saturated heterocycles. The van der Waals surface area contributed by atoms with Crippen LogP contribution in [0.4, 0.5) is 0 Å². The van der Waals surface area contributed by atoms with Crippen molar-refractivity contribution in [3.05, 3.63) is 0 Å². The summed E-state index contributed by atoms with van der Waals surface area (Å²) in [5.74, 6) is -1.69. The molecule has 1 amide bonds. The molecule has 1 aliphatic rings. The fourth-order valence-electron chi connectivity index (χ4n) is 1.78. The first-order chi connectivity index (χ1) is 8.93. The number of ether oxygens (including phenoxy) is 1. The van der Waals surface area contributed by atoms with E-state index in [1.54, 1.807) is 0 Å². The lowest BCUT2D eigenvalue weighted by atomic mass is 10.1. The summed E-state index contributed by atoms with van der Waals surface area (Å²) in [4.78, 5) is 33.6. The van der Waals surface area contributed by atoms with E-state index in [9.17, 15) is 14.4 Å². The monoisotopic (exact) mass is 272 g/mol. The lowest BCUT2D eigenvalue weighted by Crippen LogP contribution is -2.43. The van der Waals surface area contributed by atoms with Crippen molar-refractivity contribution < 1.29 is 24.2 Å². The lowest BCUT2D eigenvalue weighted by molar-refractivity contribution is -0.144. The minimum Gasteiger partial charge on any atom is -0.480 e. The second kappa shape index (κ2) is 7.08. The van der Waals surface area contributed by atoms with Crippen LogP contribution in [0.2, 0.25) is 0 Å². The number of rotatable bonds is 8. The Hall–Kier alpha value is -1.63. The molecule has 4 N–H and O–H groups in total. The van der Waals surface area contributed by atoms with E-state index in [4.69, 9.17) is 10.8 Å². The summed E-state index contributed by atoms with van der Waals surface area (Å²) >= 11 is 0. The van der Waals surface area contributed by atoms with Gasteiger partial charge in [0.05, 0.1) is 7.11 Å². The number of carboxylic acid groups (broad SMARTS) is 1. The molecule has 7 nitrogen and oxygen atoms in total. The van der Waals surface area contributed by atoms with Gasteiger partial charge in [0, 0.05) is 18.9 Å². The fourth-order valence-corrected chi connectivity index (χ4v) is 1.78. The van der Waals surface area contributed by atoms with Gasteiger partial charge in [0.2, 0.25) is 5.91 Å². The van der Waals surface area contributed by atoms with Crippen LogP contribution in [-0.2, 0) is 19.1 Å². The van der Waals surface area contributed by atoms with Crippen molar-refractivity contribution in [1.82, 2.24) is 5.32 Å². The van der Waals surface area contributed by atoms with Gasteiger partial charge in [0.25, 0.3) is 0 Å². The molecule has 0 bridgehead atoms. The molecular formula is C12H20N2O5. The topological polar surface area (TPSA) is 119 Å². The molecule has 1 aliphatic carbocycles. The Kier molecular flexibility index (Phi) is 5.75. The van der Waals surface area contributed by atoms with Gasteiger partial charge in [-0.2, -0.15) is 0 Å². The van der Waals surface area contributed by atoms with E-state index >= 15 is 0 Å². The van der Waals surface area contributed by atoms with Gasteiger partial charge in [-0.15, -0.1) is 0 Å². The number of methoxy groups -OCH3 is 1. The molecule has 2 atom stereocenters. The number of carbonyl (C=O) groups is 3. The zero-order valence-corrected chi connectivity index (χ0v) is 10.9. The van der Waals surface area contributed by atoms with E-state index in [1.807, 2.05) is 0 Å². The summed E-state index contributed by atoms with van der Waals surface area (Å²) in [7, 11) is 1.23. The molecule has 0 aliphatic heterocycles. The first-order valence-corrected chi connectivity index (χ1v) is 6.28. The van der Waals surface area contributed by atoms with Gasteiger partial charge in [-0.1, -0.05) is 0 Å². The molecule has 108 valence electrons. The lowest BCUT2D eigenvalue weighted by Gasteiger charge is -2.16. The first-order valence-electron chi connectivity index (χ1n) is 6.28. The van der Waals surface area contributed by atoms with Gasteiger partial charge in [-0.25, -0.2) is 4.79 Å². The third kappa shape index (κ3) is 5.69. The van der Waals surface area contributed by atoms with Gasteiger partial charge in [0.15, 0.2) is 0 Å². The maximum atomic E-state index is 11.6. The van der Waals surface area contributed by atoms with Crippen molar-refractivity contribution in [2.45, 2.75) is 44.2 Å². The van der Waals surface area contributed by atoms with Crippen molar-refractivity contribution in [3.63, 3.8) is 0 Å². The van der Waals surface area contributed by atoms with Crippen LogP contribution in [0.5, 0.6) is 0 Å². The van der Waals surface area contributed by atoms with Crippen molar-refractivity contribution in [2.75, 3.05) is 7.11 Å². The highest BCUT2D eigenvalue weighted by atomic mass is 16.5. The molecule has 0 radical (unpaired) electrons. The summed E-state index contributed by atoms with van der Waals surface area (Å²) < 4.78 is 4.43. The summed E-state index contributed by atoms with van der Waals surface area (Å²) in [6.07, 6.45) is 2.12. The minimum atomic E-state index is -1.17. The second-order valence-electron chi connectivity index (χ2n) is 4.78. The van der Waals surface area contributed by atoms with Gasteiger partial charge >= 0.3 is 11.9 Å². The molecule has 0 heterocycles. The Morgan fingerprint density at radius 1 is 1.42 bits per heavy atom. The van der Waals surface area contributed by atoms with E-state index in [2.05, 4.69) is 10.1 Å². The summed E-state index contributed by atoms with van der Waals surface area (Å²) in [6, 6.07) is -1.30. The number of carbonyl (C=O) groups excluding carboxylic acids is 2. The SMILES string of the molecule is COC(=O)CC[C@@H](NC(=O)CC(N)C1CC1)C(=O)O. The smallest absolute Gasteiger partial charge is 0.326 e. The van der Waals surface area contributed by atoms with Gasteiger partial charge < -0.3 is 20.9 Å². The van der Waals surface area contributed by atoms with Crippen LogP contribution >= 0.6 is 0 Å². The van der Waals surface area contributed by atoms with Crippen molar-refractivity contribution >= 4 is 17.8 Å². The van der Waals surface area contributed by atoms with E-state index in [0.29, 0.717) is 5.92 Å². The standard InChI is InChI=1S/C12H20N2O5/c1-19-11(16)5-4-9(12(17)18)14-10(15)6-8(13)7-2-3-7/h7-9H,2-6,13H2,1H3,(H,14,15)(H,17,18)/t8?,9-/m1/s1. The predicted molar refractivity (Wildman–Crippen MR) is 66.1 cm³/mol. The quantitative estimate of drug-likeness (QED) is 0.519. The zero-order valence-electron chi connectivity index (χ0n) is 10.9. The molecule has 1 saturated carbocycles. The van der Waals surface area contributed by atoms with E-state index in [-0.39, 0.29) is 25.3 Å². The Morgan fingerprint density at radius 2 is 2.05 bits per heavy atom. The predicted octanol–water partition coefficient (Wildman–Crippen LogP) is -0.364. The number of nitrogens with two attached hydrogens (primary N) is 1. The van der Waals surface area contributed by atoms with E-state index in [1.165, 1.54) is 7.11 Å². The van der Waals surface area contributed by atoms with Gasteiger partial charge in [0.1, 0.15) is 6.04 Å². The molecule has 0 spiro atoms. The highest BCUT2D eigenvalue weighted by Crippen LogP contribution is 2.32. The maximum absolute atomic E-state index is 11.6. The molecule has 1 fully saturated rings. The molecule has 7 heteroatoms. The Bertz CT molecular complexity index is 354. The number of amides is 1. The third-order valence-electron chi connectivity index (χ3n) is 3.15. The van der Waals surface area contributed by atoms with Crippen LogP contribution in [0.1, 0.15) is 32.1 Å². The number of nitrogens with one attached hydrogen (secondary N) is 1.